The number of aliphatic hydroxyl groups is 1. The van der Waals surface area contributed by atoms with E-state index in [2.05, 4.69) is 56.9 Å². The maximum atomic E-state index is 10.5. The first-order chi connectivity index (χ1) is 9.45. The van der Waals surface area contributed by atoms with Crippen molar-refractivity contribution in [1.29, 1.82) is 0 Å². The molecule has 3 heteroatoms. The molecule has 114 valence electrons. The summed E-state index contributed by atoms with van der Waals surface area (Å²) < 4.78 is 0. The third-order valence-corrected chi connectivity index (χ3v) is 4.00. The minimum Gasteiger partial charge on any atom is -0.387 e. The molecule has 0 amide bonds. The van der Waals surface area contributed by atoms with E-state index in [1.807, 2.05) is 12.1 Å². The lowest BCUT2D eigenvalue weighted by Crippen LogP contribution is -2.36. The second-order valence-corrected chi connectivity index (χ2v) is 5.92. The van der Waals surface area contributed by atoms with Crippen molar-refractivity contribution in [2.75, 3.05) is 34.2 Å². The molecule has 0 fully saturated rings. The van der Waals surface area contributed by atoms with Crippen LogP contribution in [0.4, 0.5) is 0 Å². The fraction of sp³-hybridized carbons (Fsp3) is 0.647. The van der Waals surface area contributed by atoms with Crippen LogP contribution in [0.2, 0.25) is 0 Å². The van der Waals surface area contributed by atoms with Crippen molar-refractivity contribution in [3.8, 4) is 0 Å². The van der Waals surface area contributed by atoms with Crippen LogP contribution in [0.1, 0.15) is 37.5 Å². The minimum atomic E-state index is -0.426. The predicted molar refractivity (Wildman–Crippen MR) is 86.0 cm³/mol. The van der Waals surface area contributed by atoms with E-state index in [-0.39, 0.29) is 6.04 Å². The number of benzene rings is 1. The summed E-state index contributed by atoms with van der Waals surface area (Å²) in [6.07, 6.45) is 1.73. The molecule has 2 unspecified atom stereocenters. The standard InChI is InChI=1S/C17H30N2O/c1-6-15-8-10-16(11-9-15)17(20)14(2)19(5)13-7-12-18(3)4/h8-11,14,17,20H,6-7,12-13H2,1-5H3. The molecular weight excluding hydrogens is 248 g/mol. The molecule has 1 N–H and O–H groups in total. The van der Waals surface area contributed by atoms with Crippen LogP contribution in [0.3, 0.4) is 0 Å². The highest BCUT2D eigenvalue weighted by Crippen LogP contribution is 2.20. The number of hydrogen-bond acceptors (Lipinski definition) is 3. The van der Waals surface area contributed by atoms with E-state index >= 15 is 0 Å². The van der Waals surface area contributed by atoms with Crippen molar-refractivity contribution in [2.24, 2.45) is 0 Å². The fourth-order valence-corrected chi connectivity index (χ4v) is 2.31. The van der Waals surface area contributed by atoms with E-state index in [4.69, 9.17) is 0 Å². The van der Waals surface area contributed by atoms with E-state index in [1.165, 1.54) is 5.56 Å². The number of hydrogen-bond donors (Lipinski definition) is 1. The molecule has 0 radical (unpaired) electrons. The lowest BCUT2D eigenvalue weighted by molar-refractivity contribution is 0.0710. The topological polar surface area (TPSA) is 26.7 Å². The Kier molecular flexibility index (Phi) is 7.20. The van der Waals surface area contributed by atoms with Crippen molar-refractivity contribution >= 4 is 0 Å². The molecule has 0 aromatic heterocycles. The quantitative estimate of drug-likeness (QED) is 0.791. The van der Waals surface area contributed by atoms with Crippen molar-refractivity contribution in [2.45, 2.75) is 38.8 Å². The van der Waals surface area contributed by atoms with E-state index in [9.17, 15) is 5.11 Å². The molecular formula is C17H30N2O. The molecule has 1 aromatic carbocycles. The summed E-state index contributed by atoms with van der Waals surface area (Å²) >= 11 is 0. The van der Waals surface area contributed by atoms with Gasteiger partial charge in [-0.25, -0.2) is 0 Å². The third-order valence-electron chi connectivity index (χ3n) is 4.00. The molecule has 0 spiro atoms. The Morgan fingerprint density at radius 2 is 1.65 bits per heavy atom. The molecule has 0 bridgehead atoms. The zero-order valence-corrected chi connectivity index (χ0v) is 13.6. The molecule has 0 saturated heterocycles. The van der Waals surface area contributed by atoms with Gasteiger partial charge in [0.15, 0.2) is 0 Å². The molecule has 3 nitrogen and oxygen atoms in total. The van der Waals surface area contributed by atoms with Crippen molar-refractivity contribution < 1.29 is 5.11 Å². The van der Waals surface area contributed by atoms with Gasteiger partial charge in [-0.3, -0.25) is 0 Å². The van der Waals surface area contributed by atoms with Crippen molar-refractivity contribution in [1.82, 2.24) is 9.80 Å². The summed E-state index contributed by atoms with van der Waals surface area (Å²) in [4.78, 5) is 4.43. The first kappa shape index (κ1) is 17.2. The van der Waals surface area contributed by atoms with E-state index < -0.39 is 6.10 Å². The average molecular weight is 278 g/mol. The summed E-state index contributed by atoms with van der Waals surface area (Å²) in [5, 5.41) is 10.5. The lowest BCUT2D eigenvalue weighted by atomic mass is 10.0. The molecule has 2 atom stereocenters. The predicted octanol–water partition coefficient (Wildman–Crippen LogP) is 2.55. The first-order valence-electron chi connectivity index (χ1n) is 7.57. The summed E-state index contributed by atoms with van der Waals surface area (Å²) in [5.74, 6) is 0. The normalized spacial score (nSPS) is 14.8. The minimum absolute atomic E-state index is 0.129. The number of rotatable bonds is 8. The van der Waals surface area contributed by atoms with Gasteiger partial charge in [-0.15, -0.1) is 0 Å². The average Bonchev–Trinajstić information content (AvgIpc) is 2.45. The van der Waals surface area contributed by atoms with Gasteiger partial charge in [0.1, 0.15) is 0 Å². The number of nitrogens with zero attached hydrogens (tertiary/aromatic N) is 2. The SMILES string of the molecule is CCc1ccc(C(O)C(C)N(C)CCCN(C)C)cc1. The summed E-state index contributed by atoms with van der Waals surface area (Å²) in [5.41, 5.74) is 2.32. The second kappa shape index (κ2) is 8.40. The molecule has 0 heterocycles. The maximum absolute atomic E-state index is 10.5. The van der Waals surface area contributed by atoms with Crippen molar-refractivity contribution in [3.63, 3.8) is 0 Å². The van der Waals surface area contributed by atoms with Crippen LogP contribution < -0.4 is 0 Å². The van der Waals surface area contributed by atoms with Gasteiger partial charge in [0.2, 0.25) is 0 Å². The molecule has 1 aromatic rings. The van der Waals surface area contributed by atoms with Gasteiger partial charge in [0.05, 0.1) is 6.10 Å². The fourth-order valence-electron chi connectivity index (χ4n) is 2.31. The molecule has 1 rings (SSSR count). The highest BCUT2D eigenvalue weighted by molar-refractivity contribution is 5.24. The van der Waals surface area contributed by atoms with Crippen LogP contribution in [0, 0.1) is 0 Å². The number of aryl methyl sites for hydroxylation is 1. The smallest absolute Gasteiger partial charge is 0.0942 e. The van der Waals surface area contributed by atoms with Crippen LogP contribution in [0.5, 0.6) is 0 Å². The second-order valence-electron chi connectivity index (χ2n) is 5.92. The first-order valence-corrected chi connectivity index (χ1v) is 7.57. The van der Waals surface area contributed by atoms with Gasteiger partial charge < -0.3 is 14.9 Å². The largest absolute Gasteiger partial charge is 0.387 e. The Labute approximate surface area is 124 Å². The van der Waals surface area contributed by atoms with Gasteiger partial charge in [-0.2, -0.15) is 0 Å². The van der Waals surface area contributed by atoms with Crippen LogP contribution in [0.25, 0.3) is 0 Å². The molecule has 0 aliphatic heterocycles. The Morgan fingerprint density at radius 3 is 2.15 bits per heavy atom. The number of aliphatic hydroxyl groups excluding tert-OH is 1. The molecule has 0 aliphatic rings. The maximum Gasteiger partial charge on any atom is 0.0942 e. The van der Waals surface area contributed by atoms with Gasteiger partial charge in [0.25, 0.3) is 0 Å². The summed E-state index contributed by atoms with van der Waals surface area (Å²) in [7, 11) is 6.27. The van der Waals surface area contributed by atoms with E-state index in [0.29, 0.717) is 0 Å². The van der Waals surface area contributed by atoms with Crippen LogP contribution >= 0.6 is 0 Å². The van der Waals surface area contributed by atoms with Gasteiger partial charge >= 0.3 is 0 Å². The van der Waals surface area contributed by atoms with Gasteiger partial charge in [-0.05, 0) is 65.1 Å². The monoisotopic (exact) mass is 278 g/mol. The zero-order valence-electron chi connectivity index (χ0n) is 13.6. The Bertz CT molecular complexity index is 375. The van der Waals surface area contributed by atoms with Crippen LogP contribution in [-0.4, -0.2) is 55.2 Å². The highest BCUT2D eigenvalue weighted by Gasteiger charge is 2.20. The van der Waals surface area contributed by atoms with E-state index in [1.54, 1.807) is 0 Å². The third kappa shape index (κ3) is 5.23. The zero-order chi connectivity index (χ0) is 15.1. The van der Waals surface area contributed by atoms with Gasteiger partial charge in [-0.1, -0.05) is 31.2 Å². The van der Waals surface area contributed by atoms with Crippen molar-refractivity contribution in [3.05, 3.63) is 35.4 Å². The molecule has 0 saturated carbocycles. The highest BCUT2D eigenvalue weighted by atomic mass is 16.3. The number of likely N-dealkylation sites (N-methyl/N-ethyl adjacent to an activating group) is 1. The van der Waals surface area contributed by atoms with Crippen LogP contribution in [-0.2, 0) is 6.42 Å². The molecule has 20 heavy (non-hydrogen) atoms. The lowest BCUT2D eigenvalue weighted by Gasteiger charge is -2.29. The van der Waals surface area contributed by atoms with Gasteiger partial charge in [0, 0.05) is 6.04 Å². The Balaban J connectivity index is 2.53. The van der Waals surface area contributed by atoms with Crippen LogP contribution in [0.15, 0.2) is 24.3 Å². The Morgan fingerprint density at radius 1 is 1.05 bits per heavy atom. The summed E-state index contributed by atoms with van der Waals surface area (Å²) in [6, 6.07) is 8.44. The summed E-state index contributed by atoms with van der Waals surface area (Å²) in [6.45, 7) is 6.32. The molecule has 0 aliphatic carbocycles. The van der Waals surface area contributed by atoms with E-state index in [0.717, 1.165) is 31.5 Å². The Hall–Kier alpha value is -0.900.